The van der Waals surface area contributed by atoms with Crippen LogP contribution >= 0.6 is 0 Å². The van der Waals surface area contributed by atoms with E-state index in [9.17, 15) is 4.79 Å². The van der Waals surface area contributed by atoms with Gasteiger partial charge in [0.15, 0.2) is 0 Å². The molecule has 0 saturated heterocycles. The maximum atomic E-state index is 11.4. The van der Waals surface area contributed by atoms with Crippen LogP contribution in [-0.4, -0.2) is 25.7 Å². The number of unbranched alkanes of at least 4 members (excludes halogenated alkanes) is 1. The van der Waals surface area contributed by atoms with Gasteiger partial charge in [0.05, 0.1) is 0 Å². The summed E-state index contributed by atoms with van der Waals surface area (Å²) in [5, 5.41) is 5.93. The molecule has 0 fully saturated rings. The van der Waals surface area contributed by atoms with Gasteiger partial charge in [0.25, 0.3) is 0 Å². The molecule has 1 amide bonds. The molecule has 2 N–H and O–H groups in total. The molecule has 0 heterocycles. The molecule has 19 heavy (non-hydrogen) atoms. The van der Waals surface area contributed by atoms with Crippen molar-refractivity contribution in [3.63, 3.8) is 0 Å². The average molecular weight is 262 g/mol. The normalized spacial score (nSPS) is 9.89. The van der Waals surface area contributed by atoms with Crippen molar-refractivity contribution in [1.82, 2.24) is 10.6 Å². The Bertz CT molecular complexity index is 366. The second kappa shape index (κ2) is 10.1. The topological polar surface area (TPSA) is 50.4 Å². The smallest absolute Gasteiger partial charge is 0.407 e. The Balaban J connectivity index is 1.98. The third-order valence-electron chi connectivity index (χ3n) is 2.55. The summed E-state index contributed by atoms with van der Waals surface area (Å²) in [6, 6.07) is 9.62. The number of benzene rings is 1. The van der Waals surface area contributed by atoms with Crippen LogP contribution in [0.15, 0.2) is 43.0 Å². The number of nitrogens with one attached hydrogen (secondary N) is 2. The number of carbonyl (C=O) groups is 1. The summed E-state index contributed by atoms with van der Waals surface area (Å²) in [6.45, 7) is 6.22. The predicted molar refractivity (Wildman–Crippen MR) is 76.9 cm³/mol. The van der Waals surface area contributed by atoms with E-state index >= 15 is 0 Å². The summed E-state index contributed by atoms with van der Waals surface area (Å²) >= 11 is 0. The van der Waals surface area contributed by atoms with E-state index in [2.05, 4.69) is 17.2 Å². The maximum Gasteiger partial charge on any atom is 0.407 e. The van der Waals surface area contributed by atoms with Crippen LogP contribution in [0.3, 0.4) is 0 Å². The van der Waals surface area contributed by atoms with E-state index in [4.69, 9.17) is 4.74 Å². The predicted octanol–water partition coefficient (Wildman–Crippen LogP) is 2.47. The third-order valence-corrected chi connectivity index (χ3v) is 2.55. The Morgan fingerprint density at radius 1 is 1.21 bits per heavy atom. The minimum absolute atomic E-state index is 0.305. The van der Waals surface area contributed by atoms with E-state index in [1.165, 1.54) is 0 Å². The molecule has 0 aliphatic rings. The van der Waals surface area contributed by atoms with Crippen LogP contribution < -0.4 is 10.6 Å². The summed E-state index contributed by atoms with van der Waals surface area (Å²) in [4.78, 5) is 11.4. The van der Waals surface area contributed by atoms with Crippen LogP contribution in [0.1, 0.15) is 18.4 Å². The minimum Gasteiger partial charge on any atom is -0.445 e. The number of alkyl carbamates (subject to hydrolysis) is 1. The van der Waals surface area contributed by atoms with Crippen molar-refractivity contribution in [2.24, 2.45) is 0 Å². The molecule has 0 unspecified atom stereocenters. The van der Waals surface area contributed by atoms with Crippen LogP contribution in [0.4, 0.5) is 4.79 Å². The van der Waals surface area contributed by atoms with Crippen LogP contribution in [-0.2, 0) is 11.3 Å². The Morgan fingerprint density at radius 3 is 2.74 bits per heavy atom. The molecule has 0 spiro atoms. The lowest BCUT2D eigenvalue weighted by molar-refractivity contribution is 0.139. The van der Waals surface area contributed by atoms with Gasteiger partial charge in [-0.15, -0.1) is 6.58 Å². The molecule has 4 nitrogen and oxygen atoms in total. The molecule has 104 valence electrons. The maximum absolute atomic E-state index is 11.4. The standard InChI is InChI=1S/C15H22N2O2/c1-2-3-7-10-16-11-12-17-15(18)19-13-14-8-5-4-6-9-14/h2,4-6,8-9,16H,1,3,7,10-13H2,(H,17,18). The molecular formula is C15H22N2O2. The van der Waals surface area contributed by atoms with Crippen molar-refractivity contribution < 1.29 is 9.53 Å². The van der Waals surface area contributed by atoms with Crippen molar-refractivity contribution in [2.75, 3.05) is 19.6 Å². The van der Waals surface area contributed by atoms with Crippen LogP contribution in [0, 0.1) is 0 Å². The molecule has 0 bridgehead atoms. The molecule has 0 aliphatic heterocycles. The molecule has 0 atom stereocenters. The van der Waals surface area contributed by atoms with Crippen molar-refractivity contribution in [2.45, 2.75) is 19.4 Å². The fourth-order valence-electron chi connectivity index (χ4n) is 1.52. The number of amides is 1. The number of ether oxygens (including phenoxy) is 1. The number of hydrogen-bond donors (Lipinski definition) is 2. The van der Waals surface area contributed by atoms with Crippen molar-refractivity contribution >= 4 is 6.09 Å². The van der Waals surface area contributed by atoms with Gasteiger partial charge in [0.2, 0.25) is 0 Å². The lowest BCUT2D eigenvalue weighted by Gasteiger charge is -2.07. The van der Waals surface area contributed by atoms with E-state index < -0.39 is 0 Å². The van der Waals surface area contributed by atoms with Gasteiger partial charge in [0, 0.05) is 13.1 Å². The first-order valence-corrected chi connectivity index (χ1v) is 6.59. The Labute approximate surface area is 114 Å². The lowest BCUT2D eigenvalue weighted by Crippen LogP contribution is -2.32. The Kier molecular flexibility index (Phi) is 8.14. The highest BCUT2D eigenvalue weighted by Crippen LogP contribution is 2.00. The average Bonchev–Trinajstić information content (AvgIpc) is 2.45. The molecule has 0 aliphatic carbocycles. The monoisotopic (exact) mass is 262 g/mol. The van der Waals surface area contributed by atoms with E-state index in [1.54, 1.807) is 0 Å². The van der Waals surface area contributed by atoms with Crippen LogP contribution in [0.2, 0.25) is 0 Å². The summed E-state index contributed by atoms with van der Waals surface area (Å²) in [5.41, 5.74) is 0.986. The fraction of sp³-hybridized carbons (Fsp3) is 0.400. The first-order valence-electron chi connectivity index (χ1n) is 6.59. The van der Waals surface area contributed by atoms with E-state index in [0.717, 1.165) is 31.5 Å². The number of carbonyl (C=O) groups excluding carboxylic acids is 1. The summed E-state index contributed by atoms with van der Waals surface area (Å²) in [5.74, 6) is 0. The van der Waals surface area contributed by atoms with Gasteiger partial charge in [-0.25, -0.2) is 4.79 Å². The van der Waals surface area contributed by atoms with Gasteiger partial charge < -0.3 is 15.4 Å². The molecule has 0 radical (unpaired) electrons. The van der Waals surface area contributed by atoms with Gasteiger partial charge in [0.1, 0.15) is 6.61 Å². The van der Waals surface area contributed by atoms with Gasteiger partial charge in [-0.1, -0.05) is 36.4 Å². The molecule has 4 heteroatoms. The zero-order valence-electron chi connectivity index (χ0n) is 11.2. The van der Waals surface area contributed by atoms with Crippen LogP contribution in [0.5, 0.6) is 0 Å². The molecule has 0 saturated carbocycles. The van der Waals surface area contributed by atoms with Crippen molar-refractivity contribution in [1.29, 1.82) is 0 Å². The van der Waals surface area contributed by atoms with E-state index in [1.807, 2.05) is 36.4 Å². The zero-order chi connectivity index (χ0) is 13.8. The molecule has 1 rings (SSSR count). The van der Waals surface area contributed by atoms with Crippen LogP contribution in [0.25, 0.3) is 0 Å². The van der Waals surface area contributed by atoms with Gasteiger partial charge in [-0.2, -0.15) is 0 Å². The molecule has 1 aromatic rings. The summed E-state index contributed by atoms with van der Waals surface area (Å²) < 4.78 is 5.08. The fourth-order valence-corrected chi connectivity index (χ4v) is 1.52. The lowest BCUT2D eigenvalue weighted by atomic mass is 10.2. The van der Waals surface area contributed by atoms with E-state index in [-0.39, 0.29) is 6.09 Å². The number of allylic oxidation sites excluding steroid dienone is 1. The highest BCUT2D eigenvalue weighted by Gasteiger charge is 2.00. The highest BCUT2D eigenvalue weighted by atomic mass is 16.5. The zero-order valence-corrected chi connectivity index (χ0v) is 11.2. The van der Waals surface area contributed by atoms with Crippen molar-refractivity contribution in [3.8, 4) is 0 Å². The molecular weight excluding hydrogens is 240 g/mol. The second-order valence-electron chi connectivity index (χ2n) is 4.17. The van der Waals surface area contributed by atoms with Crippen molar-refractivity contribution in [3.05, 3.63) is 48.6 Å². The van der Waals surface area contributed by atoms with Gasteiger partial charge in [-0.05, 0) is 24.9 Å². The Morgan fingerprint density at radius 2 is 2.00 bits per heavy atom. The second-order valence-corrected chi connectivity index (χ2v) is 4.17. The summed E-state index contributed by atoms with van der Waals surface area (Å²) in [6.07, 6.45) is 3.61. The highest BCUT2D eigenvalue weighted by molar-refractivity contribution is 5.67. The first kappa shape index (κ1) is 15.2. The Hall–Kier alpha value is -1.81. The van der Waals surface area contributed by atoms with E-state index in [0.29, 0.717) is 13.2 Å². The SMILES string of the molecule is C=CCCCNCCNC(=O)OCc1ccccc1. The third kappa shape index (κ3) is 8.00. The quantitative estimate of drug-likeness (QED) is 0.531. The largest absolute Gasteiger partial charge is 0.445 e. The van der Waals surface area contributed by atoms with Gasteiger partial charge in [-0.3, -0.25) is 0 Å². The number of rotatable bonds is 9. The molecule has 0 aromatic heterocycles. The van der Waals surface area contributed by atoms with Gasteiger partial charge >= 0.3 is 6.09 Å². The minimum atomic E-state index is -0.378. The number of hydrogen-bond acceptors (Lipinski definition) is 3. The summed E-state index contributed by atoms with van der Waals surface area (Å²) in [7, 11) is 0. The first-order chi connectivity index (χ1) is 9.33. The molecule has 1 aromatic carbocycles.